The first-order valence-corrected chi connectivity index (χ1v) is 12.0. The molecule has 0 fully saturated rings. The summed E-state index contributed by atoms with van der Waals surface area (Å²) in [4.78, 5) is 33.9. The maximum Gasteiger partial charge on any atom is 0.338 e. The second-order valence-electron chi connectivity index (χ2n) is 7.60. The summed E-state index contributed by atoms with van der Waals surface area (Å²) in [5.41, 5.74) is 0.695. The minimum atomic E-state index is -3.74. The number of hydrogen-bond acceptors (Lipinski definition) is 7. The minimum absolute atomic E-state index is 0.00305. The number of nitrogens with zero attached hydrogens (tertiary/aromatic N) is 2. The molecule has 0 radical (unpaired) electrons. The topological polar surface area (TPSA) is 109 Å². The normalized spacial score (nSPS) is 13.2. The van der Waals surface area contributed by atoms with Crippen molar-refractivity contribution in [3.63, 3.8) is 0 Å². The molecule has 10 heteroatoms. The van der Waals surface area contributed by atoms with Gasteiger partial charge in [0.05, 0.1) is 15.8 Å². The quantitative estimate of drug-likeness (QED) is 0.560. The van der Waals surface area contributed by atoms with Gasteiger partial charge in [0.1, 0.15) is 4.83 Å². The van der Waals surface area contributed by atoms with Gasteiger partial charge in [0.15, 0.2) is 11.9 Å². The number of aromatic amines is 1. The molecule has 0 amide bonds. The summed E-state index contributed by atoms with van der Waals surface area (Å²) in [5.74, 6) is -0.478. The lowest BCUT2D eigenvalue weighted by atomic mass is 10.2. The summed E-state index contributed by atoms with van der Waals surface area (Å²) >= 11 is 1.41. The van der Waals surface area contributed by atoms with Gasteiger partial charge in [-0.15, -0.1) is 11.3 Å². The molecule has 0 saturated heterocycles. The molecular formula is C21H25N3O5S2. The number of fused-ring (bicyclic) bond motifs is 1. The molecule has 0 spiro atoms. The Balaban J connectivity index is 1.87. The van der Waals surface area contributed by atoms with Crippen molar-refractivity contribution in [3.05, 3.63) is 56.4 Å². The molecule has 0 aliphatic rings. The van der Waals surface area contributed by atoms with E-state index in [1.165, 1.54) is 47.0 Å². The molecule has 0 aliphatic carbocycles. The molecule has 1 unspecified atom stereocenters. The average molecular weight is 464 g/mol. The first kappa shape index (κ1) is 23.1. The van der Waals surface area contributed by atoms with Gasteiger partial charge in [0, 0.05) is 18.0 Å². The SMILES string of the molecule is Cc1sc2nc(C(C)OC(=O)c3cccc(S(=O)(=O)N(C)C(C)C)c3)[nH]c(=O)c2c1C. The van der Waals surface area contributed by atoms with Crippen LogP contribution in [0.2, 0.25) is 0 Å². The molecule has 1 N–H and O–H groups in total. The first-order valence-electron chi connectivity index (χ1n) is 9.72. The number of carbonyl (C=O) groups is 1. The maximum atomic E-state index is 12.7. The Morgan fingerprint density at radius 3 is 2.55 bits per heavy atom. The second kappa shape index (κ2) is 8.52. The van der Waals surface area contributed by atoms with Gasteiger partial charge in [-0.05, 0) is 58.4 Å². The monoisotopic (exact) mass is 463 g/mol. The number of H-pyrrole nitrogens is 1. The molecular weight excluding hydrogens is 438 g/mol. The molecule has 166 valence electrons. The molecule has 2 aromatic heterocycles. The van der Waals surface area contributed by atoms with Crippen molar-refractivity contribution in [2.45, 2.75) is 51.7 Å². The van der Waals surface area contributed by atoms with E-state index in [9.17, 15) is 18.0 Å². The Hall–Kier alpha value is -2.56. The number of benzene rings is 1. The molecule has 31 heavy (non-hydrogen) atoms. The highest BCUT2D eigenvalue weighted by molar-refractivity contribution is 7.89. The third kappa shape index (κ3) is 4.41. The maximum absolute atomic E-state index is 12.7. The van der Waals surface area contributed by atoms with E-state index in [2.05, 4.69) is 9.97 Å². The summed E-state index contributed by atoms with van der Waals surface area (Å²) in [6.45, 7) is 8.91. The Morgan fingerprint density at radius 1 is 1.23 bits per heavy atom. The van der Waals surface area contributed by atoms with E-state index >= 15 is 0 Å². The van der Waals surface area contributed by atoms with Gasteiger partial charge in [0.2, 0.25) is 10.0 Å². The Morgan fingerprint density at radius 2 is 1.90 bits per heavy atom. The zero-order valence-electron chi connectivity index (χ0n) is 18.2. The lowest BCUT2D eigenvalue weighted by molar-refractivity contribution is 0.0319. The van der Waals surface area contributed by atoms with Gasteiger partial charge in [-0.2, -0.15) is 4.31 Å². The van der Waals surface area contributed by atoms with Crippen molar-refractivity contribution in [1.29, 1.82) is 0 Å². The molecule has 1 aromatic carbocycles. The van der Waals surface area contributed by atoms with Crippen molar-refractivity contribution in [2.75, 3.05) is 7.05 Å². The van der Waals surface area contributed by atoms with Crippen LogP contribution in [0.5, 0.6) is 0 Å². The van der Waals surface area contributed by atoms with E-state index in [0.717, 1.165) is 10.4 Å². The standard InChI is InChI=1S/C21H25N3O5S2/c1-11(2)24(6)31(27,28)16-9-7-8-15(10-16)21(26)29-13(4)18-22-19(25)17-12(3)14(5)30-20(17)23-18/h7-11,13H,1-6H3,(H,22,23,25). The van der Waals surface area contributed by atoms with Crippen LogP contribution in [0.25, 0.3) is 10.2 Å². The number of sulfonamides is 1. The van der Waals surface area contributed by atoms with Crippen LogP contribution in [-0.4, -0.2) is 41.7 Å². The van der Waals surface area contributed by atoms with Crippen molar-refractivity contribution in [2.24, 2.45) is 0 Å². The highest BCUT2D eigenvalue weighted by atomic mass is 32.2. The van der Waals surface area contributed by atoms with Crippen LogP contribution < -0.4 is 5.56 Å². The van der Waals surface area contributed by atoms with Crippen LogP contribution in [-0.2, 0) is 14.8 Å². The zero-order valence-corrected chi connectivity index (χ0v) is 19.8. The first-order chi connectivity index (χ1) is 14.4. The highest BCUT2D eigenvalue weighted by Gasteiger charge is 2.25. The van der Waals surface area contributed by atoms with Crippen LogP contribution in [0.4, 0.5) is 0 Å². The van der Waals surface area contributed by atoms with Crippen molar-refractivity contribution in [1.82, 2.24) is 14.3 Å². The van der Waals surface area contributed by atoms with E-state index in [1.807, 2.05) is 13.8 Å². The number of rotatable bonds is 6. The van der Waals surface area contributed by atoms with E-state index < -0.39 is 22.1 Å². The van der Waals surface area contributed by atoms with Crippen LogP contribution in [0.15, 0.2) is 34.0 Å². The van der Waals surface area contributed by atoms with Crippen LogP contribution in [0.1, 0.15) is 53.5 Å². The number of carbonyl (C=O) groups excluding carboxylic acids is 1. The number of esters is 1. The molecule has 1 atom stereocenters. The molecule has 8 nitrogen and oxygen atoms in total. The van der Waals surface area contributed by atoms with E-state index in [0.29, 0.717) is 10.2 Å². The summed E-state index contributed by atoms with van der Waals surface area (Å²) < 4.78 is 32.1. The van der Waals surface area contributed by atoms with Gasteiger partial charge in [-0.1, -0.05) is 6.07 Å². The third-order valence-electron chi connectivity index (χ3n) is 5.20. The average Bonchev–Trinajstić information content (AvgIpc) is 3.01. The van der Waals surface area contributed by atoms with Gasteiger partial charge < -0.3 is 9.72 Å². The molecule has 0 aliphatic heterocycles. The van der Waals surface area contributed by atoms with Crippen LogP contribution >= 0.6 is 11.3 Å². The summed E-state index contributed by atoms with van der Waals surface area (Å²) in [5, 5.41) is 0.539. The molecule has 3 aromatic rings. The van der Waals surface area contributed by atoms with Crippen molar-refractivity contribution < 1.29 is 17.9 Å². The van der Waals surface area contributed by atoms with Crippen LogP contribution in [0, 0.1) is 13.8 Å². The van der Waals surface area contributed by atoms with Gasteiger partial charge in [0.25, 0.3) is 5.56 Å². The fraction of sp³-hybridized carbons (Fsp3) is 0.381. The molecule has 0 bridgehead atoms. The molecule has 0 saturated carbocycles. The number of ether oxygens (including phenoxy) is 1. The predicted octanol–water partition coefficient (Wildman–Crippen LogP) is 3.55. The number of aryl methyl sites for hydroxylation is 2. The Kier molecular flexibility index (Phi) is 6.35. The fourth-order valence-corrected chi connectivity index (χ4v) is 5.43. The summed E-state index contributed by atoms with van der Waals surface area (Å²) in [6, 6.07) is 5.46. The summed E-state index contributed by atoms with van der Waals surface area (Å²) in [7, 11) is -2.25. The summed E-state index contributed by atoms with van der Waals surface area (Å²) in [6.07, 6.45) is -0.828. The largest absolute Gasteiger partial charge is 0.451 e. The Bertz CT molecular complexity index is 1310. The van der Waals surface area contributed by atoms with Gasteiger partial charge >= 0.3 is 5.97 Å². The number of hydrogen-bond donors (Lipinski definition) is 1. The smallest absolute Gasteiger partial charge is 0.338 e. The number of nitrogens with one attached hydrogen (secondary N) is 1. The highest BCUT2D eigenvalue weighted by Crippen LogP contribution is 2.27. The lowest BCUT2D eigenvalue weighted by Gasteiger charge is -2.21. The van der Waals surface area contributed by atoms with Gasteiger partial charge in [-0.25, -0.2) is 18.2 Å². The van der Waals surface area contributed by atoms with Crippen LogP contribution in [0.3, 0.4) is 0 Å². The third-order valence-corrected chi connectivity index (χ3v) is 8.33. The lowest BCUT2D eigenvalue weighted by Crippen LogP contribution is -2.33. The van der Waals surface area contributed by atoms with Crippen molar-refractivity contribution in [3.8, 4) is 0 Å². The van der Waals surface area contributed by atoms with E-state index in [-0.39, 0.29) is 27.9 Å². The van der Waals surface area contributed by atoms with Gasteiger partial charge in [-0.3, -0.25) is 4.79 Å². The molecule has 2 heterocycles. The minimum Gasteiger partial charge on any atom is -0.451 e. The van der Waals surface area contributed by atoms with Crippen molar-refractivity contribution >= 4 is 37.5 Å². The van der Waals surface area contributed by atoms with E-state index in [4.69, 9.17) is 4.74 Å². The number of thiophene rings is 1. The fourth-order valence-electron chi connectivity index (χ4n) is 2.98. The molecule has 3 rings (SSSR count). The zero-order chi connectivity index (χ0) is 23.1. The second-order valence-corrected chi connectivity index (χ2v) is 10.8. The number of aromatic nitrogens is 2. The predicted molar refractivity (Wildman–Crippen MR) is 120 cm³/mol. The van der Waals surface area contributed by atoms with E-state index in [1.54, 1.807) is 20.8 Å². The Labute approximate surface area is 184 Å².